The van der Waals surface area contributed by atoms with Gasteiger partial charge in [-0.2, -0.15) is 28.4 Å². The highest BCUT2D eigenvalue weighted by molar-refractivity contribution is 7.23. The third-order valence-electron chi connectivity index (χ3n) is 11.0. The van der Waals surface area contributed by atoms with Crippen molar-refractivity contribution in [2.24, 2.45) is 0 Å². The van der Waals surface area contributed by atoms with Crippen LogP contribution in [0.5, 0.6) is 6.01 Å². The minimum absolute atomic E-state index is 0.0186. The van der Waals surface area contributed by atoms with E-state index in [1.54, 1.807) is 23.8 Å². The second-order valence-electron chi connectivity index (χ2n) is 13.8. The number of ether oxygens (including phenoxy) is 1. The van der Waals surface area contributed by atoms with Crippen LogP contribution in [0.15, 0.2) is 18.2 Å². The standard InChI is InChI=1S/C36H37F6N7O2S/c1-4-24-25(9-12-49(24)26(50)5-2)47(3)33-20-13-22(36(40,41)42)28(19-7-8-23(38)31-27(19)21(15-43)32(44)52-31)29(39)30(20)45-34(46-33)51-17-35-10-6-11-48(35)16-18(37)14-35/h7-8,13,18,24-25H,4-6,9-12,14,16-17,44H2,1-3H3. The zero-order valence-electron chi connectivity index (χ0n) is 28.8. The van der Waals surface area contributed by atoms with Gasteiger partial charge in [0.1, 0.15) is 41.0 Å². The summed E-state index contributed by atoms with van der Waals surface area (Å²) in [6.07, 6.45) is -3.14. The Bertz CT molecular complexity index is 2120. The third kappa shape index (κ3) is 5.76. The highest BCUT2D eigenvalue weighted by atomic mass is 32.1. The Balaban J connectivity index is 1.45. The summed E-state index contributed by atoms with van der Waals surface area (Å²) in [5.74, 6) is -2.30. The molecule has 0 bridgehead atoms. The minimum Gasteiger partial charge on any atom is -0.461 e. The van der Waals surface area contributed by atoms with Crippen molar-refractivity contribution in [3.05, 3.63) is 41.0 Å². The number of nitrogen functional groups attached to an aromatic ring is 1. The van der Waals surface area contributed by atoms with Crippen molar-refractivity contribution in [1.29, 1.82) is 5.26 Å². The largest absolute Gasteiger partial charge is 0.461 e. The average molecular weight is 746 g/mol. The number of likely N-dealkylation sites (N-methyl/N-ethyl adjacent to an activating group) is 1. The molecule has 3 saturated heterocycles. The molecule has 1 amide bonds. The second kappa shape index (κ2) is 13.2. The summed E-state index contributed by atoms with van der Waals surface area (Å²) in [6.45, 7) is 5.01. The lowest BCUT2D eigenvalue weighted by atomic mass is 9.92. The van der Waals surface area contributed by atoms with Gasteiger partial charge in [-0.25, -0.2) is 13.2 Å². The first kappa shape index (κ1) is 36.0. The van der Waals surface area contributed by atoms with E-state index in [0.29, 0.717) is 43.7 Å². The lowest BCUT2D eigenvalue weighted by Gasteiger charge is -2.34. The highest BCUT2D eigenvalue weighted by Gasteiger charge is 2.49. The smallest absolute Gasteiger partial charge is 0.417 e. The Labute approximate surface area is 299 Å². The maximum atomic E-state index is 17.2. The molecule has 0 radical (unpaired) electrons. The molecule has 4 atom stereocenters. The maximum Gasteiger partial charge on any atom is 0.417 e. The SMILES string of the molecule is CCC(=O)N1CCC(N(C)c2nc(OCC34CCCN3CC(F)C4)nc3c(F)c(-c4ccc(F)c5sc(N)c(C#N)c45)c(C(F)(F)F)cc23)C1CC. The van der Waals surface area contributed by atoms with Crippen molar-refractivity contribution in [3.8, 4) is 23.2 Å². The number of likely N-dealkylation sites (tertiary alicyclic amines) is 1. The summed E-state index contributed by atoms with van der Waals surface area (Å²) in [4.78, 5) is 27.2. The number of nitrogens with zero attached hydrogens (tertiary/aromatic N) is 6. The van der Waals surface area contributed by atoms with Crippen LogP contribution in [0.3, 0.4) is 0 Å². The van der Waals surface area contributed by atoms with E-state index < -0.39 is 52.2 Å². The van der Waals surface area contributed by atoms with Gasteiger partial charge in [-0.05, 0) is 49.9 Å². The Hall–Kier alpha value is -4.36. The molecule has 2 aromatic carbocycles. The Morgan fingerprint density at radius 2 is 2.00 bits per heavy atom. The van der Waals surface area contributed by atoms with Crippen molar-refractivity contribution in [2.45, 2.75) is 82.3 Å². The van der Waals surface area contributed by atoms with Crippen LogP contribution in [-0.2, 0) is 11.0 Å². The van der Waals surface area contributed by atoms with Gasteiger partial charge < -0.3 is 20.3 Å². The first-order chi connectivity index (χ1) is 24.7. The number of nitrogens with two attached hydrogens (primary N) is 1. The number of thiophene rings is 1. The average Bonchev–Trinajstić information content (AvgIpc) is 3.87. The normalized spacial score (nSPS) is 23.5. The summed E-state index contributed by atoms with van der Waals surface area (Å²) in [6, 6.07) is 3.51. The van der Waals surface area contributed by atoms with E-state index in [1.807, 2.05) is 17.9 Å². The molecule has 2 N–H and O–H groups in total. The molecule has 0 spiro atoms. The van der Waals surface area contributed by atoms with Crippen LogP contribution in [0.25, 0.3) is 32.1 Å². The number of amides is 1. The number of hydrogen-bond acceptors (Lipinski definition) is 9. The number of hydrogen-bond donors (Lipinski definition) is 1. The molecule has 276 valence electrons. The number of carbonyl (C=O) groups is 1. The molecule has 4 unspecified atom stereocenters. The zero-order chi connectivity index (χ0) is 37.3. The van der Waals surface area contributed by atoms with E-state index in [0.717, 1.165) is 24.6 Å². The number of nitriles is 1. The third-order valence-corrected chi connectivity index (χ3v) is 12.0. The van der Waals surface area contributed by atoms with Crippen LogP contribution < -0.4 is 15.4 Å². The molecule has 3 aliphatic rings. The number of fused-ring (bicyclic) bond motifs is 3. The number of aromatic nitrogens is 2. The summed E-state index contributed by atoms with van der Waals surface area (Å²) in [5.41, 5.74) is 1.91. The zero-order valence-corrected chi connectivity index (χ0v) is 29.6. The summed E-state index contributed by atoms with van der Waals surface area (Å²) >= 11 is 0.682. The Kier molecular flexibility index (Phi) is 9.17. The summed E-state index contributed by atoms with van der Waals surface area (Å²) < 4.78 is 97.9. The fraction of sp³-hybridized carbons (Fsp3) is 0.500. The van der Waals surface area contributed by atoms with Gasteiger partial charge in [-0.3, -0.25) is 9.69 Å². The molecule has 5 heterocycles. The van der Waals surface area contributed by atoms with Crippen LogP contribution in [0.4, 0.5) is 37.2 Å². The predicted octanol–water partition coefficient (Wildman–Crippen LogP) is 7.44. The molecule has 9 nitrogen and oxygen atoms in total. The second-order valence-corrected chi connectivity index (χ2v) is 14.9. The van der Waals surface area contributed by atoms with E-state index in [2.05, 4.69) is 9.97 Å². The highest BCUT2D eigenvalue weighted by Crippen LogP contribution is 2.48. The molecule has 2 aromatic heterocycles. The van der Waals surface area contributed by atoms with Gasteiger partial charge in [-0.15, -0.1) is 11.3 Å². The number of alkyl halides is 4. The molecule has 52 heavy (non-hydrogen) atoms. The molecular formula is C36H37F6N7O2S. The number of anilines is 2. The number of rotatable bonds is 8. The molecule has 3 fully saturated rings. The van der Waals surface area contributed by atoms with Gasteiger partial charge in [0.2, 0.25) is 5.91 Å². The molecule has 16 heteroatoms. The Morgan fingerprint density at radius 1 is 1.23 bits per heavy atom. The van der Waals surface area contributed by atoms with Gasteiger partial charge in [-0.1, -0.05) is 19.9 Å². The van der Waals surface area contributed by atoms with E-state index in [9.17, 15) is 18.8 Å². The molecule has 4 aromatic rings. The quantitative estimate of drug-likeness (QED) is 0.185. The van der Waals surface area contributed by atoms with Crippen LogP contribution in [0, 0.1) is 23.0 Å². The van der Waals surface area contributed by atoms with E-state index >= 15 is 17.6 Å². The van der Waals surface area contributed by atoms with Crippen LogP contribution in [0.1, 0.15) is 63.5 Å². The first-order valence-electron chi connectivity index (χ1n) is 17.3. The predicted molar refractivity (Wildman–Crippen MR) is 186 cm³/mol. The van der Waals surface area contributed by atoms with Crippen molar-refractivity contribution < 1.29 is 35.9 Å². The lowest BCUT2D eigenvalue weighted by molar-refractivity contribution is -0.137. The maximum absolute atomic E-state index is 17.2. The molecule has 7 rings (SSSR count). The summed E-state index contributed by atoms with van der Waals surface area (Å²) in [5, 5.41) is 9.24. The molecule has 0 saturated carbocycles. The van der Waals surface area contributed by atoms with Gasteiger partial charge in [0.15, 0.2) is 5.82 Å². The van der Waals surface area contributed by atoms with Crippen LogP contribution >= 0.6 is 11.3 Å². The molecular weight excluding hydrogens is 708 g/mol. The van der Waals surface area contributed by atoms with E-state index in [1.165, 1.54) is 0 Å². The number of benzene rings is 2. The van der Waals surface area contributed by atoms with Crippen LogP contribution in [-0.4, -0.2) is 82.8 Å². The number of carbonyl (C=O) groups excluding carboxylic acids is 1. The van der Waals surface area contributed by atoms with Crippen LogP contribution in [0.2, 0.25) is 0 Å². The van der Waals surface area contributed by atoms with Gasteiger partial charge in [0, 0.05) is 49.3 Å². The van der Waals surface area contributed by atoms with E-state index in [4.69, 9.17) is 10.5 Å². The molecule has 3 aliphatic heterocycles. The fourth-order valence-corrected chi connectivity index (χ4v) is 9.57. The van der Waals surface area contributed by atoms with Crippen molar-refractivity contribution in [2.75, 3.05) is 43.9 Å². The number of halogens is 6. The first-order valence-corrected chi connectivity index (χ1v) is 18.1. The molecule has 0 aliphatic carbocycles. The van der Waals surface area contributed by atoms with Crippen molar-refractivity contribution >= 4 is 49.1 Å². The Morgan fingerprint density at radius 3 is 2.69 bits per heavy atom. The van der Waals surface area contributed by atoms with Gasteiger partial charge in [0.25, 0.3) is 0 Å². The van der Waals surface area contributed by atoms with Gasteiger partial charge >= 0.3 is 12.2 Å². The van der Waals surface area contributed by atoms with Gasteiger partial charge in [0.05, 0.1) is 33.4 Å². The monoisotopic (exact) mass is 745 g/mol. The van der Waals surface area contributed by atoms with E-state index in [-0.39, 0.29) is 81.4 Å². The van der Waals surface area contributed by atoms with Crippen molar-refractivity contribution in [3.63, 3.8) is 0 Å². The fourth-order valence-electron chi connectivity index (χ4n) is 8.62. The lowest BCUT2D eigenvalue weighted by Crippen LogP contribution is -2.45. The topological polar surface area (TPSA) is 112 Å². The summed E-state index contributed by atoms with van der Waals surface area (Å²) in [7, 11) is 1.64. The van der Waals surface area contributed by atoms with Crippen molar-refractivity contribution in [1.82, 2.24) is 19.8 Å². The minimum atomic E-state index is -5.12.